The molecule has 0 fully saturated rings. The molecule has 0 saturated carbocycles. The van der Waals surface area contributed by atoms with E-state index < -0.39 is 6.10 Å². The minimum absolute atomic E-state index is 0.113. The van der Waals surface area contributed by atoms with Gasteiger partial charge in [-0.1, -0.05) is 31.2 Å². The molecule has 0 aliphatic heterocycles. The molecule has 2 rings (SSSR count). The summed E-state index contributed by atoms with van der Waals surface area (Å²) in [4.78, 5) is 12.4. The monoisotopic (exact) mass is 355 g/mol. The van der Waals surface area contributed by atoms with E-state index in [1.54, 1.807) is 0 Å². The van der Waals surface area contributed by atoms with Crippen LogP contribution in [0.1, 0.15) is 35.6 Å². The Bertz CT molecular complexity index is 755. The zero-order valence-corrected chi connectivity index (χ0v) is 16.4. The smallest absolute Gasteiger partial charge is 0.261 e. The fourth-order valence-electron chi connectivity index (χ4n) is 2.62. The van der Waals surface area contributed by atoms with Crippen LogP contribution in [0.25, 0.3) is 0 Å². The number of ether oxygens (including phenoxy) is 2. The molecule has 0 aliphatic rings. The molecule has 0 radical (unpaired) electrons. The van der Waals surface area contributed by atoms with Crippen molar-refractivity contribution in [2.45, 2.75) is 47.1 Å². The highest BCUT2D eigenvalue weighted by Gasteiger charge is 2.18. The molecular formula is C22H29NO3. The molecule has 1 N–H and O–H groups in total. The number of aryl methyl sites for hydroxylation is 4. The molecule has 1 unspecified atom stereocenters. The highest BCUT2D eigenvalue weighted by atomic mass is 16.5. The maximum absolute atomic E-state index is 12.4. The van der Waals surface area contributed by atoms with Crippen molar-refractivity contribution in [2.24, 2.45) is 0 Å². The van der Waals surface area contributed by atoms with Crippen LogP contribution in [-0.2, 0) is 4.79 Å². The second-order valence-electron chi connectivity index (χ2n) is 6.69. The summed E-state index contributed by atoms with van der Waals surface area (Å²) in [6, 6.07) is 12.1. The molecule has 1 atom stereocenters. The van der Waals surface area contributed by atoms with Gasteiger partial charge in [-0.15, -0.1) is 0 Å². The Kier molecular flexibility index (Phi) is 7.07. The fraction of sp³-hybridized carbons (Fsp3) is 0.409. The lowest BCUT2D eigenvalue weighted by Crippen LogP contribution is -2.39. The molecule has 2 aromatic rings. The predicted octanol–water partition coefficient (Wildman–Crippen LogP) is 4.27. The van der Waals surface area contributed by atoms with Crippen molar-refractivity contribution in [1.82, 2.24) is 5.32 Å². The van der Waals surface area contributed by atoms with E-state index in [0.717, 1.165) is 33.8 Å². The Hall–Kier alpha value is -2.49. The SMILES string of the molecule is CCC(Oc1cc(C)ccc1C)C(=O)NCCOc1cc(C)ccc1C. The van der Waals surface area contributed by atoms with Crippen molar-refractivity contribution >= 4 is 5.91 Å². The Morgan fingerprint density at radius 1 is 0.962 bits per heavy atom. The lowest BCUT2D eigenvalue weighted by molar-refractivity contribution is -0.128. The van der Waals surface area contributed by atoms with Gasteiger partial charge in [-0.05, 0) is 68.5 Å². The van der Waals surface area contributed by atoms with Crippen molar-refractivity contribution in [3.63, 3.8) is 0 Å². The maximum atomic E-state index is 12.4. The number of carbonyl (C=O) groups excluding carboxylic acids is 1. The summed E-state index contributed by atoms with van der Waals surface area (Å²) in [6.45, 7) is 10.9. The molecule has 0 spiro atoms. The van der Waals surface area contributed by atoms with Crippen LogP contribution >= 0.6 is 0 Å². The summed E-state index contributed by atoms with van der Waals surface area (Å²) in [6.07, 6.45) is 0.105. The first-order valence-corrected chi connectivity index (χ1v) is 9.12. The normalized spacial score (nSPS) is 11.7. The quantitative estimate of drug-likeness (QED) is 0.719. The third-order valence-electron chi connectivity index (χ3n) is 4.28. The summed E-state index contributed by atoms with van der Waals surface area (Å²) < 4.78 is 11.7. The van der Waals surface area contributed by atoms with E-state index in [4.69, 9.17) is 9.47 Å². The maximum Gasteiger partial charge on any atom is 0.261 e. The number of carbonyl (C=O) groups is 1. The van der Waals surface area contributed by atoms with Gasteiger partial charge in [-0.3, -0.25) is 4.79 Å². The van der Waals surface area contributed by atoms with Crippen LogP contribution in [0.15, 0.2) is 36.4 Å². The van der Waals surface area contributed by atoms with Gasteiger partial charge in [0.2, 0.25) is 0 Å². The van der Waals surface area contributed by atoms with E-state index in [1.165, 1.54) is 0 Å². The first kappa shape index (κ1) is 19.8. The van der Waals surface area contributed by atoms with Gasteiger partial charge in [0.05, 0.1) is 6.54 Å². The van der Waals surface area contributed by atoms with Crippen LogP contribution < -0.4 is 14.8 Å². The van der Waals surface area contributed by atoms with Crippen LogP contribution in [0.4, 0.5) is 0 Å². The van der Waals surface area contributed by atoms with Crippen molar-refractivity contribution in [3.05, 3.63) is 58.7 Å². The van der Waals surface area contributed by atoms with Gasteiger partial charge >= 0.3 is 0 Å². The Labute approximate surface area is 156 Å². The Morgan fingerprint density at radius 2 is 1.54 bits per heavy atom. The molecule has 2 aromatic carbocycles. The number of hydrogen-bond acceptors (Lipinski definition) is 3. The summed E-state index contributed by atoms with van der Waals surface area (Å²) in [5.41, 5.74) is 4.39. The molecule has 4 heteroatoms. The number of nitrogens with one attached hydrogen (secondary N) is 1. The van der Waals surface area contributed by atoms with Gasteiger partial charge in [0.1, 0.15) is 18.1 Å². The minimum atomic E-state index is -0.504. The molecule has 0 saturated heterocycles. The second kappa shape index (κ2) is 9.27. The molecule has 0 bridgehead atoms. The van der Waals surface area contributed by atoms with Crippen LogP contribution in [0.5, 0.6) is 11.5 Å². The number of amides is 1. The Morgan fingerprint density at radius 3 is 2.15 bits per heavy atom. The van der Waals surface area contributed by atoms with Crippen LogP contribution in [0.3, 0.4) is 0 Å². The molecule has 26 heavy (non-hydrogen) atoms. The third kappa shape index (κ3) is 5.51. The van der Waals surface area contributed by atoms with E-state index >= 15 is 0 Å². The standard InChI is InChI=1S/C22H29NO3/c1-6-19(26-21-14-16(3)8-10-18(21)5)22(24)23-11-12-25-20-13-15(2)7-9-17(20)4/h7-10,13-14,19H,6,11-12H2,1-5H3,(H,23,24). The zero-order valence-electron chi connectivity index (χ0n) is 16.4. The average Bonchev–Trinajstić information content (AvgIpc) is 2.62. The first-order chi connectivity index (χ1) is 12.4. The van der Waals surface area contributed by atoms with Crippen molar-refractivity contribution < 1.29 is 14.3 Å². The van der Waals surface area contributed by atoms with E-state index in [1.807, 2.05) is 65.0 Å². The fourth-order valence-corrected chi connectivity index (χ4v) is 2.62. The molecular weight excluding hydrogens is 326 g/mol. The van der Waals surface area contributed by atoms with Crippen molar-refractivity contribution in [1.29, 1.82) is 0 Å². The minimum Gasteiger partial charge on any atom is -0.491 e. The highest BCUT2D eigenvalue weighted by molar-refractivity contribution is 5.81. The largest absolute Gasteiger partial charge is 0.491 e. The van der Waals surface area contributed by atoms with Crippen molar-refractivity contribution in [3.8, 4) is 11.5 Å². The summed E-state index contributed by atoms with van der Waals surface area (Å²) in [7, 11) is 0. The van der Waals surface area contributed by atoms with E-state index in [9.17, 15) is 4.79 Å². The van der Waals surface area contributed by atoms with Crippen LogP contribution in [0, 0.1) is 27.7 Å². The summed E-state index contributed by atoms with van der Waals surface area (Å²) >= 11 is 0. The van der Waals surface area contributed by atoms with Gasteiger partial charge < -0.3 is 14.8 Å². The molecule has 1 amide bonds. The molecule has 0 aromatic heterocycles. The predicted molar refractivity (Wildman–Crippen MR) is 105 cm³/mol. The average molecular weight is 355 g/mol. The van der Waals surface area contributed by atoms with Crippen LogP contribution in [0.2, 0.25) is 0 Å². The van der Waals surface area contributed by atoms with E-state index in [2.05, 4.69) is 11.4 Å². The third-order valence-corrected chi connectivity index (χ3v) is 4.28. The topological polar surface area (TPSA) is 47.6 Å². The lowest BCUT2D eigenvalue weighted by Gasteiger charge is -2.19. The lowest BCUT2D eigenvalue weighted by atomic mass is 10.1. The number of benzene rings is 2. The first-order valence-electron chi connectivity index (χ1n) is 9.12. The van der Waals surface area contributed by atoms with Gasteiger partial charge in [-0.25, -0.2) is 0 Å². The highest BCUT2D eigenvalue weighted by Crippen LogP contribution is 2.21. The number of rotatable bonds is 8. The number of hydrogen-bond donors (Lipinski definition) is 1. The van der Waals surface area contributed by atoms with Gasteiger partial charge in [0.15, 0.2) is 6.10 Å². The van der Waals surface area contributed by atoms with Crippen molar-refractivity contribution in [2.75, 3.05) is 13.2 Å². The Balaban J connectivity index is 1.85. The summed E-state index contributed by atoms with van der Waals surface area (Å²) in [5, 5.41) is 2.90. The molecule has 0 heterocycles. The zero-order chi connectivity index (χ0) is 19.1. The second-order valence-corrected chi connectivity index (χ2v) is 6.69. The molecule has 4 nitrogen and oxygen atoms in total. The van der Waals surface area contributed by atoms with Gasteiger partial charge in [0, 0.05) is 0 Å². The molecule has 0 aliphatic carbocycles. The van der Waals surface area contributed by atoms with Crippen LogP contribution in [-0.4, -0.2) is 25.2 Å². The summed E-state index contributed by atoms with van der Waals surface area (Å²) in [5.74, 6) is 1.51. The van der Waals surface area contributed by atoms with Gasteiger partial charge in [0.25, 0.3) is 5.91 Å². The molecule has 140 valence electrons. The van der Waals surface area contributed by atoms with Gasteiger partial charge in [-0.2, -0.15) is 0 Å². The van der Waals surface area contributed by atoms with E-state index in [0.29, 0.717) is 19.6 Å². The van der Waals surface area contributed by atoms with E-state index in [-0.39, 0.29) is 5.91 Å².